The first-order chi connectivity index (χ1) is 14.4. The van der Waals surface area contributed by atoms with E-state index in [0.29, 0.717) is 17.1 Å². The summed E-state index contributed by atoms with van der Waals surface area (Å²) in [6.07, 6.45) is -0.993. The Labute approximate surface area is 173 Å². The molecule has 2 aromatic rings. The number of fused-ring (bicyclic) bond motifs is 1. The number of sulfone groups is 1. The molecule has 0 aromatic heterocycles. The molecule has 2 aromatic carbocycles. The summed E-state index contributed by atoms with van der Waals surface area (Å²) in [5, 5.41) is -1.11. The zero-order valence-corrected chi connectivity index (χ0v) is 17.0. The summed E-state index contributed by atoms with van der Waals surface area (Å²) in [4.78, 5) is 23.5. The Balaban J connectivity index is 1.79. The van der Waals surface area contributed by atoms with E-state index in [1.165, 1.54) is 19.1 Å². The van der Waals surface area contributed by atoms with E-state index in [1.54, 1.807) is 36.4 Å². The number of ether oxygens (including phenoxy) is 4. The van der Waals surface area contributed by atoms with Crippen molar-refractivity contribution in [2.24, 2.45) is 5.92 Å². The van der Waals surface area contributed by atoms with Gasteiger partial charge >= 0.3 is 11.9 Å². The molecule has 0 spiro atoms. The van der Waals surface area contributed by atoms with E-state index in [9.17, 15) is 18.0 Å². The van der Waals surface area contributed by atoms with Gasteiger partial charge in [0, 0.05) is 12.8 Å². The molecule has 2 heterocycles. The molecule has 1 saturated heterocycles. The Bertz CT molecular complexity index is 1060. The van der Waals surface area contributed by atoms with Gasteiger partial charge in [0.15, 0.2) is 21.3 Å². The van der Waals surface area contributed by atoms with Crippen molar-refractivity contribution in [2.75, 3.05) is 13.4 Å². The average molecular weight is 432 g/mol. The normalized spacial score (nSPS) is 21.2. The van der Waals surface area contributed by atoms with Gasteiger partial charge in [-0.05, 0) is 29.8 Å². The zero-order valence-electron chi connectivity index (χ0n) is 16.1. The van der Waals surface area contributed by atoms with Crippen molar-refractivity contribution in [1.29, 1.82) is 0 Å². The number of benzene rings is 2. The number of cyclic esters (lactones) is 1. The molecule has 2 aliphatic rings. The average Bonchev–Trinajstić information content (AvgIpc) is 3.33. The molecular weight excluding hydrogens is 412 g/mol. The van der Waals surface area contributed by atoms with Gasteiger partial charge in [-0.25, -0.2) is 8.42 Å². The molecule has 0 saturated carbocycles. The quantitative estimate of drug-likeness (QED) is 0.641. The summed E-state index contributed by atoms with van der Waals surface area (Å²) >= 11 is 0. The highest BCUT2D eigenvalue weighted by atomic mass is 32.2. The molecule has 0 amide bonds. The van der Waals surface area contributed by atoms with Crippen LogP contribution in [0.2, 0.25) is 0 Å². The van der Waals surface area contributed by atoms with Gasteiger partial charge in [-0.15, -0.1) is 0 Å². The first-order valence-electron chi connectivity index (χ1n) is 9.37. The molecule has 3 atom stereocenters. The molecule has 0 radical (unpaired) electrons. The standard InChI is InChI=1S/C21H20O8S/c1-13(22)26-11-19-16(10-20(23)29-19)21(30(24,25)15-5-3-2-4-6-15)14-7-8-17-18(9-14)28-12-27-17/h2-9,16,19,21H,10-12H2,1H3/t16-,19+,21+/m0/s1. The van der Waals surface area contributed by atoms with Crippen LogP contribution in [0.1, 0.15) is 24.2 Å². The maximum absolute atomic E-state index is 13.7. The van der Waals surface area contributed by atoms with E-state index in [-0.39, 0.29) is 24.7 Å². The number of hydrogen-bond acceptors (Lipinski definition) is 8. The third kappa shape index (κ3) is 3.85. The highest BCUT2D eigenvalue weighted by Gasteiger charge is 2.47. The molecular formula is C21H20O8S. The predicted molar refractivity (Wildman–Crippen MR) is 104 cm³/mol. The Morgan fingerprint density at radius 2 is 1.87 bits per heavy atom. The second-order valence-corrected chi connectivity index (χ2v) is 9.16. The van der Waals surface area contributed by atoms with E-state index in [2.05, 4.69) is 0 Å². The minimum Gasteiger partial charge on any atom is -0.462 e. The van der Waals surface area contributed by atoms with E-state index in [4.69, 9.17) is 18.9 Å². The van der Waals surface area contributed by atoms with E-state index in [0.717, 1.165) is 0 Å². The lowest BCUT2D eigenvalue weighted by Gasteiger charge is -2.27. The summed E-state index contributed by atoms with van der Waals surface area (Å²) in [6, 6.07) is 12.9. The van der Waals surface area contributed by atoms with Crippen molar-refractivity contribution >= 4 is 21.8 Å². The van der Waals surface area contributed by atoms with E-state index < -0.39 is 39.0 Å². The lowest BCUT2D eigenvalue weighted by Crippen LogP contribution is -2.32. The smallest absolute Gasteiger partial charge is 0.306 e. The van der Waals surface area contributed by atoms with E-state index >= 15 is 0 Å². The third-order valence-electron chi connectivity index (χ3n) is 5.13. The van der Waals surface area contributed by atoms with Gasteiger partial charge in [-0.1, -0.05) is 24.3 Å². The van der Waals surface area contributed by atoms with Crippen LogP contribution in [0.5, 0.6) is 11.5 Å². The number of carbonyl (C=O) groups is 2. The van der Waals surface area contributed by atoms with Gasteiger partial charge in [-0.3, -0.25) is 9.59 Å². The van der Waals surface area contributed by atoms with Crippen molar-refractivity contribution in [2.45, 2.75) is 29.6 Å². The Hall–Kier alpha value is -3.07. The Kier molecular flexibility index (Phi) is 5.38. The summed E-state index contributed by atoms with van der Waals surface area (Å²) in [7, 11) is -3.92. The van der Waals surface area contributed by atoms with Crippen molar-refractivity contribution in [3.05, 3.63) is 54.1 Å². The van der Waals surface area contributed by atoms with Gasteiger partial charge in [-0.2, -0.15) is 0 Å². The number of rotatable bonds is 6. The number of hydrogen-bond donors (Lipinski definition) is 0. The van der Waals surface area contributed by atoms with Crippen LogP contribution < -0.4 is 9.47 Å². The summed E-state index contributed by atoms with van der Waals surface area (Å²) in [5.41, 5.74) is 0.444. The van der Waals surface area contributed by atoms with Crippen LogP contribution >= 0.6 is 0 Å². The summed E-state index contributed by atoms with van der Waals surface area (Å²) in [6.45, 7) is 1.08. The molecule has 0 N–H and O–H groups in total. The maximum Gasteiger partial charge on any atom is 0.306 e. The predicted octanol–water partition coefficient (Wildman–Crippen LogP) is 2.43. The van der Waals surface area contributed by atoms with Crippen LogP contribution in [0.4, 0.5) is 0 Å². The minimum absolute atomic E-state index is 0.0506. The van der Waals surface area contributed by atoms with Crippen molar-refractivity contribution in [3.8, 4) is 11.5 Å². The topological polar surface area (TPSA) is 105 Å². The van der Waals surface area contributed by atoms with Crippen molar-refractivity contribution in [3.63, 3.8) is 0 Å². The third-order valence-corrected chi connectivity index (χ3v) is 7.35. The fourth-order valence-electron chi connectivity index (χ4n) is 3.79. The minimum atomic E-state index is -3.92. The van der Waals surface area contributed by atoms with Gasteiger partial charge in [0.05, 0.1) is 16.6 Å². The molecule has 1 fully saturated rings. The molecule has 0 bridgehead atoms. The van der Waals surface area contributed by atoms with Crippen LogP contribution in [0, 0.1) is 5.92 Å². The SMILES string of the molecule is CC(=O)OC[C@H]1OC(=O)C[C@@H]1[C@@H](c1ccc2c(c1)OCO2)S(=O)(=O)c1ccccc1. The first-order valence-corrected chi connectivity index (χ1v) is 10.9. The monoisotopic (exact) mass is 432 g/mol. The van der Waals surface area contributed by atoms with Crippen LogP contribution in [0.3, 0.4) is 0 Å². The van der Waals surface area contributed by atoms with Crippen LogP contribution in [0.25, 0.3) is 0 Å². The molecule has 0 unspecified atom stereocenters. The molecule has 8 nitrogen and oxygen atoms in total. The molecule has 2 aliphatic heterocycles. The van der Waals surface area contributed by atoms with Crippen LogP contribution in [-0.4, -0.2) is 39.9 Å². The number of esters is 2. The molecule has 4 rings (SSSR count). The first kappa shape index (κ1) is 20.2. The highest BCUT2D eigenvalue weighted by molar-refractivity contribution is 7.91. The zero-order chi connectivity index (χ0) is 21.3. The number of carbonyl (C=O) groups excluding carboxylic acids is 2. The molecule has 9 heteroatoms. The van der Waals surface area contributed by atoms with Gasteiger partial charge in [0.2, 0.25) is 6.79 Å². The molecule has 30 heavy (non-hydrogen) atoms. The second-order valence-electron chi connectivity index (χ2n) is 7.09. The van der Waals surface area contributed by atoms with Crippen LogP contribution in [-0.2, 0) is 28.9 Å². The Morgan fingerprint density at radius 3 is 2.60 bits per heavy atom. The fraction of sp³-hybridized carbons (Fsp3) is 0.333. The summed E-state index contributed by atoms with van der Waals surface area (Å²) < 4.78 is 48.4. The van der Waals surface area contributed by atoms with Crippen molar-refractivity contribution in [1.82, 2.24) is 0 Å². The van der Waals surface area contributed by atoms with E-state index in [1.807, 2.05) is 0 Å². The van der Waals surface area contributed by atoms with Gasteiger partial charge in [0.1, 0.15) is 12.7 Å². The van der Waals surface area contributed by atoms with Gasteiger partial charge in [0.25, 0.3) is 0 Å². The Morgan fingerprint density at radius 1 is 1.13 bits per heavy atom. The largest absolute Gasteiger partial charge is 0.462 e. The molecule has 158 valence electrons. The lowest BCUT2D eigenvalue weighted by molar-refractivity contribution is -0.152. The van der Waals surface area contributed by atoms with Gasteiger partial charge < -0.3 is 18.9 Å². The second kappa shape index (κ2) is 7.98. The lowest BCUT2D eigenvalue weighted by atomic mass is 9.92. The fourth-order valence-corrected chi connectivity index (χ4v) is 5.86. The van der Waals surface area contributed by atoms with Crippen LogP contribution in [0.15, 0.2) is 53.4 Å². The molecule has 0 aliphatic carbocycles. The highest BCUT2D eigenvalue weighted by Crippen LogP contribution is 2.45. The maximum atomic E-state index is 13.7. The van der Waals surface area contributed by atoms with Crippen molar-refractivity contribution < 1.29 is 37.0 Å². The summed E-state index contributed by atoms with van der Waals surface area (Å²) in [5.74, 6) is -0.872.